The van der Waals surface area contributed by atoms with E-state index >= 15 is 0 Å². The van der Waals surface area contributed by atoms with Gasteiger partial charge < -0.3 is 14.7 Å². The van der Waals surface area contributed by atoms with Crippen molar-refractivity contribution in [2.75, 3.05) is 0 Å². The van der Waals surface area contributed by atoms with Crippen molar-refractivity contribution in [2.24, 2.45) is 0 Å². The second-order valence-electron chi connectivity index (χ2n) is 7.22. The van der Waals surface area contributed by atoms with E-state index in [4.69, 9.17) is 16.0 Å². The van der Waals surface area contributed by atoms with Gasteiger partial charge in [-0.05, 0) is 60.2 Å². The average molecular weight is 407 g/mol. The Hall–Kier alpha value is -2.98. The fourth-order valence-corrected chi connectivity index (χ4v) is 3.87. The summed E-state index contributed by atoms with van der Waals surface area (Å²) in [6.45, 7) is 0.400. The number of hydrogen-bond acceptors (Lipinski definition) is 2. The molecule has 2 aromatic heterocycles. The third-order valence-electron chi connectivity index (χ3n) is 5.21. The number of benzene rings is 2. The highest BCUT2D eigenvalue weighted by Gasteiger charge is 2.20. The molecule has 4 aromatic rings. The monoisotopic (exact) mass is 406 g/mol. The zero-order chi connectivity index (χ0) is 20.1. The van der Waals surface area contributed by atoms with Crippen molar-refractivity contribution in [1.29, 1.82) is 0 Å². The summed E-state index contributed by atoms with van der Waals surface area (Å²) in [5.74, 6) is 0.841. The van der Waals surface area contributed by atoms with Crippen molar-refractivity contribution in [1.82, 2.24) is 10.3 Å². The lowest BCUT2D eigenvalue weighted by Gasteiger charge is -2.17. The maximum Gasteiger partial charge on any atom is 0.220 e. The molecular weight excluding hydrogens is 384 g/mol. The molecule has 1 atom stereocenters. The highest BCUT2D eigenvalue weighted by molar-refractivity contribution is 6.31. The number of nitrogens with one attached hydrogen (secondary N) is 2. The van der Waals surface area contributed by atoms with E-state index < -0.39 is 0 Å². The Kier molecular flexibility index (Phi) is 6.01. The van der Waals surface area contributed by atoms with Gasteiger partial charge in [0, 0.05) is 28.5 Å². The largest absolute Gasteiger partial charge is 0.467 e. The second-order valence-corrected chi connectivity index (χ2v) is 7.65. The third kappa shape index (κ3) is 4.90. The second kappa shape index (κ2) is 9.01. The van der Waals surface area contributed by atoms with E-state index in [9.17, 15) is 4.79 Å². The Labute approximate surface area is 174 Å². The van der Waals surface area contributed by atoms with Crippen LogP contribution < -0.4 is 5.32 Å². The molecule has 0 saturated heterocycles. The van der Waals surface area contributed by atoms with Crippen LogP contribution in [0.25, 0.3) is 10.9 Å². The number of amides is 1. The van der Waals surface area contributed by atoms with E-state index in [1.54, 1.807) is 6.26 Å². The number of aromatic nitrogens is 1. The number of fused-ring (bicyclic) bond motifs is 1. The van der Waals surface area contributed by atoms with Gasteiger partial charge in [0.2, 0.25) is 5.91 Å². The normalized spacial score (nSPS) is 12.2. The first-order chi connectivity index (χ1) is 14.2. The van der Waals surface area contributed by atoms with Crippen LogP contribution in [0.2, 0.25) is 5.02 Å². The number of rotatable bonds is 8. The predicted molar refractivity (Wildman–Crippen MR) is 116 cm³/mol. The molecule has 2 aromatic carbocycles. The molecule has 5 heteroatoms. The van der Waals surface area contributed by atoms with Crippen LogP contribution in [-0.4, -0.2) is 10.9 Å². The minimum Gasteiger partial charge on any atom is -0.467 e. The molecule has 1 amide bonds. The molecule has 0 radical (unpaired) electrons. The molecule has 148 valence electrons. The van der Waals surface area contributed by atoms with Crippen LogP contribution in [0.1, 0.15) is 35.6 Å². The van der Waals surface area contributed by atoms with Gasteiger partial charge in [0.05, 0.1) is 12.8 Å². The quantitative estimate of drug-likeness (QED) is 0.386. The van der Waals surface area contributed by atoms with E-state index in [0.717, 1.165) is 35.1 Å². The SMILES string of the molecule is O=C(C[C@@H](CCc1ccccc1)c1c[nH]c2ccc(Cl)cc12)NCc1ccco1. The number of aryl methyl sites for hydroxylation is 1. The van der Waals surface area contributed by atoms with Crippen LogP contribution in [0, 0.1) is 0 Å². The Morgan fingerprint density at radius 3 is 2.76 bits per heavy atom. The molecule has 0 spiro atoms. The smallest absolute Gasteiger partial charge is 0.220 e. The van der Waals surface area contributed by atoms with Crippen molar-refractivity contribution in [3.05, 3.63) is 95.0 Å². The van der Waals surface area contributed by atoms with Crippen LogP contribution in [0.15, 0.2) is 77.5 Å². The molecule has 0 aliphatic carbocycles. The maximum absolute atomic E-state index is 12.7. The number of aromatic amines is 1. The first-order valence-electron chi connectivity index (χ1n) is 9.78. The lowest BCUT2D eigenvalue weighted by molar-refractivity contribution is -0.121. The number of hydrogen-bond donors (Lipinski definition) is 2. The molecule has 4 nitrogen and oxygen atoms in total. The molecule has 0 saturated carbocycles. The van der Waals surface area contributed by atoms with Gasteiger partial charge in [-0.3, -0.25) is 4.79 Å². The summed E-state index contributed by atoms with van der Waals surface area (Å²) in [5.41, 5.74) is 3.43. The van der Waals surface area contributed by atoms with Crippen LogP contribution in [0.5, 0.6) is 0 Å². The van der Waals surface area contributed by atoms with Crippen LogP contribution in [-0.2, 0) is 17.8 Å². The third-order valence-corrected chi connectivity index (χ3v) is 5.45. The molecule has 0 bridgehead atoms. The summed E-state index contributed by atoms with van der Waals surface area (Å²) in [6, 6.07) is 19.9. The van der Waals surface area contributed by atoms with Gasteiger partial charge >= 0.3 is 0 Å². The van der Waals surface area contributed by atoms with Crippen LogP contribution in [0.4, 0.5) is 0 Å². The number of carbonyl (C=O) groups is 1. The van der Waals surface area contributed by atoms with E-state index in [1.807, 2.05) is 54.7 Å². The molecule has 4 rings (SSSR count). The summed E-state index contributed by atoms with van der Waals surface area (Å²) in [5, 5.41) is 4.74. The lowest BCUT2D eigenvalue weighted by atomic mass is 9.89. The highest BCUT2D eigenvalue weighted by Crippen LogP contribution is 2.33. The summed E-state index contributed by atoms with van der Waals surface area (Å²) in [7, 11) is 0. The zero-order valence-electron chi connectivity index (χ0n) is 16.0. The van der Waals surface area contributed by atoms with E-state index in [-0.39, 0.29) is 11.8 Å². The van der Waals surface area contributed by atoms with Gasteiger partial charge in [-0.15, -0.1) is 0 Å². The number of furan rings is 1. The molecule has 2 N–H and O–H groups in total. The fraction of sp³-hybridized carbons (Fsp3) is 0.208. The Balaban J connectivity index is 1.52. The molecule has 0 aliphatic rings. The van der Waals surface area contributed by atoms with E-state index in [0.29, 0.717) is 18.0 Å². The van der Waals surface area contributed by atoms with Crippen molar-refractivity contribution in [2.45, 2.75) is 31.7 Å². The molecule has 0 unspecified atom stereocenters. The molecule has 29 heavy (non-hydrogen) atoms. The maximum atomic E-state index is 12.7. The Morgan fingerprint density at radius 2 is 1.97 bits per heavy atom. The predicted octanol–water partition coefficient (Wildman–Crippen LogP) is 5.84. The average Bonchev–Trinajstić information content (AvgIpc) is 3.40. The summed E-state index contributed by atoms with van der Waals surface area (Å²) in [4.78, 5) is 16.0. The van der Waals surface area contributed by atoms with Crippen molar-refractivity contribution in [3.63, 3.8) is 0 Å². The standard InChI is InChI=1S/C24H23ClN2O2/c25-19-10-11-23-21(14-19)22(16-26-23)18(9-8-17-5-2-1-3-6-17)13-24(28)27-15-20-7-4-12-29-20/h1-7,10-12,14,16,18,26H,8-9,13,15H2,(H,27,28)/t18-/m1/s1. The topological polar surface area (TPSA) is 58.0 Å². The van der Waals surface area contributed by atoms with Gasteiger partial charge in [-0.1, -0.05) is 41.9 Å². The zero-order valence-corrected chi connectivity index (χ0v) is 16.8. The minimum absolute atomic E-state index is 0.0100. The summed E-state index contributed by atoms with van der Waals surface area (Å²) in [6.07, 6.45) is 5.81. The van der Waals surface area contributed by atoms with Crippen molar-refractivity contribution >= 4 is 28.4 Å². The summed E-state index contributed by atoms with van der Waals surface area (Å²) < 4.78 is 5.30. The van der Waals surface area contributed by atoms with E-state index in [2.05, 4.69) is 22.4 Å². The van der Waals surface area contributed by atoms with Crippen LogP contribution in [0.3, 0.4) is 0 Å². The van der Waals surface area contributed by atoms with Gasteiger partial charge in [0.25, 0.3) is 0 Å². The Bertz CT molecular complexity index is 1070. The summed E-state index contributed by atoms with van der Waals surface area (Å²) >= 11 is 6.23. The number of H-pyrrole nitrogens is 1. The molecule has 0 fully saturated rings. The van der Waals surface area contributed by atoms with Gasteiger partial charge in [0.15, 0.2) is 0 Å². The van der Waals surface area contributed by atoms with Crippen molar-refractivity contribution in [3.8, 4) is 0 Å². The van der Waals surface area contributed by atoms with Crippen molar-refractivity contribution < 1.29 is 9.21 Å². The number of halogens is 1. The van der Waals surface area contributed by atoms with Crippen LogP contribution >= 0.6 is 11.6 Å². The fourth-order valence-electron chi connectivity index (χ4n) is 3.70. The molecule has 0 aliphatic heterocycles. The van der Waals surface area contributed by atoms with Gasteiger partial charge in [0.1, 0.15) is 5.76 Å². The molecule has 2 heterocycles. The van der Waals surface area contributed by atoms with Gasteiger partial charge in [-0.2, -0.15) is 0 Å². The van der Waals surface area contributed by atoms with E-state index in [1.165, 1.54) is 5.56 Å². The molecular formula is C24H23ClN2O2. The number of carbonyl (C=O) groups excluding carboxylic acids is 1. The lowest BCUT2D eigenvalue weighted by Crippen LogP contribution is -2.24. The Morgan fingerprint density at radius 1 is 1.10 bits per heavy atom. The first-order valence-corrected chi connectivity index (χ1v) is 10.2. The van der Waals surface area contributed by atoms with Gasteiger partial charge in [-0.25, -0.2) is 0 Å². The highest BCUT2D eigenvalue weighted by atomic mass is 35.5. The minimum atomic E-state index is 0.0100. The first kappa shape index (κ1) is 19.3.